The average molecular weight is 408 g/mol. The van der Waals surface area contributed by atoms with Gasteiger partial charge in [0.25, 0.3) is 0 Å². The fraction of sp³-hybridized carbons (Fsp3) is 0.316. The van der Waals surface area contributed by atoms with Gasteiger partial charge in [-0.3, -0.25) is 0 Å². The largest absolute Gasteiger partial charge is 0.382 e. The summed E-state index contributed by atoms with van der Waals surface area (Å²) in [5.41, 5.74) is 5.80. The third kappa shape index (κ3) is 4.06. The highest BCUT2D eigenvalue weighted by Crippen LogP contribution is 2.26. The van der Waals surface area contributed by atoms with Gasteiger partial charge in [-0.15, -0.1) is 12.4 Å². The van der Waals surface area contributed by atoms with Crippen LogP contribution in [-0.2, 0) is 7.05 Å². The summed E-state index contributed by atoms with van der Waals surface area (Å²) in [6.07, 6.45) is 0.935. The molecule has 6 nitrogen and oxygen atoms in total. The number of aliphatic hydroxyl groups is 1. The van der Waals surface area contributed by atoms with Gasteiger partial charge in [0.15, 0.2) is 17.0 Å². The minimum Gasteiger partial charge on any atom is -0.382 e. The Morgan fingerprint density at radius 2 is 1.71 bits per heavy atom. The smallest absolute Gasteiger partial charge is 0.209 e. The Labute approximate surface area is 167 Å². The number of halogens is 3. The summed E-state index contributed by atoms with van der Waals surface area (Å²) in [5, 5.41) is 10.3. The molecule has 0 saturated heterocycles. The van der Waals surface area contributed by atoms with Crippen LogP contribution in [0.3, 0.4) is 0 Å². The average Bonchev–Trinajstić information content (AvgIpc) is 2.96. The third-order valence-electron chi connectivity index (χ3n) is 4.44. The van der Waals surface area contributed by atoms with Crippen LogP contribution in [0, 0.1) is 23.5 Å². The molecule has 0 amide bonds. The van der Waals surface area contributed by atoms with Crippen molar-refractivity contribution in [3.63, 3.8) is 0 Å². The van der Waals surface area contributed by atoms with Crippen LogP contribution in [0.2, 0.25) is 0 Å². The number of fused-ring (bicyclic) bond motifs is 1. The molecule has 148 valence electrons. The predicted octanol–water partition coefficient (Wildman–Crippen LogP) is 3.22. The summed E-state index contributed by atoms with van der Waals surface area (Å²) in [5.74, 6) is 4.64. The van der Waals surface area contributed by atoms with E-state index in [9.17, 15) is 13.9 Å². The summed E-state index contributed by atoms with van der Waals surface area (Å²) in [6, 6.07) is 3.14. The first-order valence-electron chi connectivity index (χ1n) is 8.48. The zero-order chi connectivity index (χ0) is 19.8. The van der Waals surface area contributed by atoms with Gasteiger partial charge in [-0.1, -0.05) is 19.8 Å². The van der Waals surface area contributed by atoms with Gasteiger partial charge in [-0.05, 0) is 30.9 Å². The van der Waals surface area contributed by atoms with Crippen molar-refractivity contribution < 1.29 is 13.9 Å². The van der Waals surface area contributed by atoms with Gasteiger partial charge in [0.1, 0.15) is 23.1 Å². The van der Waals surface area contributed by atoms with Gasteiger partial charge in [0.05, 0.1) is 0 Å². The Morgan fingerprint density at radius 1 is 1.11 bits per heavy atom. The highest BCUT2D eigenvalue weighted by Gasteiger charge is 2.19. The van der Waals surface area contributed by atoms with Gasteiger partial charge in [0.2, 0.25) is 5.82 Å². The van der Waals surface area contributed by atoms with E-state index in [1.54, 1.807) is 11.6 Å². The van der Waals surface area contributed by atoms with Crippen LogP contribution in [0.5, 0.6) is 0 Å². The Balaban J connectivity index is 0.00000280. The fourth-order valence-corrected chi connectivity index (χ4v) is 2.68. The van der Waals surface area contributed by atoms with E-state index >= 15 is 0 Å². The number of imidazole rings is 1. The molecular weight excluding hydrogens is 388 g/mol. The van der Waals surface area contributed by atoms with Crippen LogP contribution in [0.4, 0.5) is 14.6 Å². The van der Waals surface area contributed by atoms with Gasteiger partial charge in [0, 0.05) is 18.7 Å². The molecule has 0 bridgehead atoms. The molecule has 3 aromatic rings. The van der Waals surface area contributed by atoms with Crippen molar-refractivity contribution in [3.05, 3.63) is 35.7 Å². The Morgan fingerprint density at radius 3 is 2.29 bits per heavy atom. The molecule has 0 fully saturated rings. The first-order chi connectivity index (χ1) is 12.8. The molecule has 0 atom stereocenters. The van der Waals surface area contributed by atoms with Gasteiger partial charge >= 0.3 is 0 Å². The lowest BCUT2D eigenvalue weighted by Gasteiger charge is -2.16. The number of nitrogens with zero attached hydrogens (tertiary/aromatic N) is 4. The molecule has 0 aliphatic rings. The number of nitrogens with two attached hydrogens (primary N) is 1. The molecule has 0 saturated carbocycles. The zero-order valence-corrected chi connectivity index (χ0v) is 16.4. The summed E-state index contributed by atoms with van der Waals surface area (Å²) in [7, 11) is 1.66. The fourth-order valence-electron chi connectivity index (χ4n) is 2.68. The van der Waals surface area contributed by atoms with E-state index in [1.165, 1.54) is 12.1 Å². The lowest BCUT2D eigenvalue weighted by atomic mass is 9.98. The Bertz CT molecular complexity index is 1060. The maximum Gasteiger partial charge on any atom is 0.209 e. The van der Waals surface area contributed by atoms with Crippen molar-refractivity contribution in [2.45, 2.75) is 32.3 Å². The molecule has 9 heteroatoms. The van der Waals surface area contributed by atoms with E-state index in [-0.39, 0.29) is 29.6 Å². The van der Waals surface area contributed by atoms with Crippen molar-refractivity contribution in [3.8, 4) is 23.2 Å². The van der Waals surface area contributed by atoms with Crippen LogP contribution in [0.25, 0.3) is 22.6 Å². The lowest BCUT2D eigenvalue weighted by Crippen LogP contribution is -2.23. The van der Waals surface area contributed by atoms with E-state index in [0.717, 1.165) is 6.07 Å². The van der Waals surface area contributed by atoms with Gasteiger partial charge < -0.3 is 15.4 Å². The van der Waals surface area contributed by atoms with Crippen molar-refractivity contribution in [1.82, 2.24) is 19.5 Å². The van der Waals surface area contributed by atoms with Crippen molar-refractivity contribution >= 4 is 29.4 Å². The van der Waals surface area contributed by atoms with Crippen molar-refractivity contribution in [1.29, 1.82) is 0 Å². The minimum atomic E-state index is -1.12. The van der Waals surface area contributed by atoms with Crippen LogP contribution in [-0.4, -0.2) is 30.2 Å². The third-order valence-corrected chi connectivity index (χ3v) is 4.44. The molecule has 2 heterocycles. The molecule has 1 aromatic carbocycles. The monoisotopic (exact) mass is 407 g/mol. The first kappa shape index (κ1) is 21.5. The number of aryl methyl sites for hydroxylation is 1. The molecule has 0 radical (unpaired) electrons. The van der Waals surface area contributed by atoms with Crippen LogP contribution < -0.4 is 5.73 Å². The second-order valence-electron chi connectivity index (χ2n) is 6.25. The Hall–Kier alpha value is -2.76. The second kappa shape index (κ2) is 8.09. The molecule has 0 aliphatic carbocycles. The molecular formula is C19H20ClF2N5O. The first-order valence-corrected chi connectivity index (χ1v) is 8.48. The molecule has 0 spiro atoms. The molecule has 3 rings (SSSR count). The Kier molecular flexibility index (Phi) is 6.22. The van der Waals surface area contributed by atoms with E-state index in [0.29, 0.717) is 29.8 Å². The quantitative estimate of drug-likeness (QED) is 0.651. The number of hydrogen-bond acceptors (Lipinski definition) is 5. The number of rotatable bonds is 3. The normalized spacial score (nSPS) is 11.1. The number of aromatic nitrogens is 4. The minimum absolute atomic E-state index is 0. The van der Waals surface area contributed by atoms with Crippen LogP contribution >= 0.6 is 12.4 Å². The second-order valence-corrected chi connectivity index (χ2v) is 6.25. The summed E-state index contributed by atoms with van der Waals surface area (Å²) >= 11 is 0. The van der Waals surface area contributed by atoms with Crippen LogP contribution in [0.1, 0.15) is 32.5 Å². The number of hydrogen-bond donors (Lipinski definition) is 2. The SMILES string of the molecule is CCC(O)(C#Cc1nc(N)c2nc(-c3cc(F)cc(F)c3)n(C)c2n1)CC.Cl. The topological polar surface area (TPSA) is 89.9 Å². The molecule has 0 unspecified atom stereocenters. The van der Waals surface area contributed by atoms with E-state index in [4.69, 9.17) is 5.73 Å². The molecule has 0 aliphatic heterocycles. The summed E-state index contributed by atoms with van der Waals surface area (Å²) in [6.45, 7) is 3.67. The molecule has 28 heavy (non-hydrogen) atoms. The molecule has 3 N–H and O–H groups in total. The number of anilines is 1. The maximum absolute atomic E-state index is 13.6. The lowest BCUT2D eigenvalue weighted by molar-refractivity contribution is 0.0931. The highest BCUT2D eigenvalue weighted by atomic mass is 35.5. The number of benzene rings is 1. The van der Waals surface area contributed by atoms with Crippen molar-refractivity contribution in [2.24, 2.45) is 7.05 Å². The van der Waals surface area contributed by atoms with E-state index in [1.807, 2.05) is 13.8 Å². The van der Waals surface area contributed by atoms with Crippen molar-refractivity contribution in [2.75, 3.05) is 5.73 Å². The number of nitrogen functional groups attached to an aromatic ring is 1. The van der Waals surface area contributed by atoms with Crippen LogP contribution in [0.15, 0.2) is 18.2 Å². The van der Waals surface area contributed by atoms with Gasteiger partial charge in [-0.2, -0.15) is 0 Å². The molecule has 2 aromatic heterocycles. The standard InChI is InChI=1S/C19H19F2N5O.ClH/c1-4-19(27,5-2)7-6-14-23-16(22)15-18(24-14)26(3)17(25-15)11-8-12(20)10-13(21)9-11;/h8-10,27H,4-5H2,1-3H3,(H2,22,23,24);1H. The zero-order valence-electron chi connectivity index (χ0n) is 15.6. The predicted molar refractivity (Wildman–Crippen MR) is 106 cm³/mol. The highest BCUT2D eigenvalue weighted by molar-refractivity contribution is 5.86. The van der Waals surface area contributed by atoms with E-state index < -0.39 is 17.2 Å². The summed E-state index contributed by atoms with van der Waals surface area (Å²) < 4.78 is 28.7. The van der Waals surface area contributed by atoms with E-state index in [2.05, 4.69) is 26.8 Å². The van der Waals surface area contributed by atoms with Gasteiger partial charge in [-0.25, -0.2) is 23.7 Å². The maximum atomic E-state index is 13.6. The summed E-state index contributed by atoms with van der Waals surface area (Å²) in [4.78, 5) is 12.8.